The van der Waals surface area contributed by atoms with Gasteiger partial charge in [0.25, 0.3) is 5.91 Å². The number of methoxy groups -OCH3 is 1. The molecule has 0 saturated carbocycles. The quantitative estimate of drug-likeness (QED) is 0.469. The molecule has 1 fully saturated rings. The second-order valence-corrected chi connectivity index (χ2v) is 9.85. The maximum atomic E-state index is 12.6. The Morgan fingerprint density at radius 2 is 1.94 bits per heavy atom. The van der Waals surface area contributed by atoms with E-state index in [2.05, 4.69) is 5.32 Å². The number of carbonyl (C=O) groups is 2. The summed E-state index contributed by atoms with van der Waals surface area (Å²) in [5.74, 6) is -0.266. The van der Waals surface area contributed by atoms with Gasteiger partial charge in [-0.2, -0.15) is 0 Å². The fraction of sp³-hybridized carbons (Fsp3) is 0.417. The van der Waals surface area contributed by atoms with E-state index in [0.717, 1.165) is 24.8 Å². The number of ether oxygens (including phenoxy) is 1. The Labute approximate surface area is 217 Å². The first kappa shape index (κ1) is 27.3. The summed E-state index contributed by atoms with van der Waals surface area (Å²) in [5, 5.41) is 3.69. The molecule has 8 nitrogen and oxygen atoms in total. The number of rotatable bonds is 9. The lowest BCUT2D eigenvalue weighted by atomic mass is 10.00. The summed E-state index contributed by atoms with van der Waals surface area (Å²) >= 11 is 9.73. The predicted octanol–water partition coefficient (Wildman–Crippen LogP) is 4.58. The molecule has 0 aromatic heterocycles. The van der Waals surface area contributed by atoms with Crippen molar-refractivity contribution in [1.82, 2.24) is 10.2 Å². The Morgan fingerprint density at radius 1 is 1.20 bits per heavy atom. The SMILES string of the molecule is COC(=O)N1CCCCC1CCNC(=O)c1ccc(N(CCc2cccc(Cl)c2Cl)S(=O)[O-])cc1. The topological polar surface area (TPSA) is 102 Å². The number of anilines is 1. The van der Waals surface area contributed by atoms with Crippen LogP contribution >= 0.6 is 23.2 Å². The van der Waals surface area contributed by atoms with E-state index in [1.54, 1.807) is 47.4 Å². The molecule has 1 aliphatic heterocycles. The lowest BCUT2D eigenvalue weighted by Gasteiger charge is -2.34. The van der Waals surface area contributed by atoms with Crippen molar-refractivity contribution in [2.75, 3.05) is 31.0 Å². The van der Waals surface area contributed by atoms with E-state index >= 15 is 0 Å². The van der Waals surface area contributed by atoms with Gasteiger partial charge >= 0.3 is 6.09 Å². The summed E-state index contributed by atoms with van der Waals surface area (Å²) in [4.78, 5) is 26.2. The molecule has 2 aromatic carbocycles. The van der Waals surface area contributed by atoms with Gasteiger partial charge in [-0.15, -0.1) is 0 Å². The average Bonchev–Trinajstić information content (AvgIpc) is 2.86. The summed E-state index contributed by atoms with van der Waals surface area (Å²) in [6.07, 6.45) is 3.53. The zero-order valence-electron chi connectivity index (χ0n) is 19.4. The number of halogens is 2. The van der Waals surface area contributed by atoms with Gasteiger partial charge in [-0.3, -0.25) is 9.00 Å². The van der Waals surface area contributed by atoms with Crippen molar-refractivity contribution in [1.29, 1.82) is 0 Å². The molecular weight excluding hydrogens is 513 g/mol. The Kier molecular flexibility index (Phi) is 10.2. The number of nitrogens with zero attached hydrogens (tertiary/aromatic N) is 2. The zero-order chi connectivity index (χ0) is 25.4. The molecule has 35 heavy (non-hydrogen) atoms. The van der Waals surface area contributed by atoms with Crippen LogP contribution in [-0.4, -0.2) is 58.4 Å². The van der Waals surface area contributed by atoms with Crippen LogP contribution < -0.4 is 9.62 Å². The summed E-state index contributed by atoms with van der Waals surface area (Å²) in [6, 6.07) is 11.6. The highest BCUT2D eigenvalue weighted by Gasteiger charge is 2.27. The maximum absolute atomic E-state index is 12.6. The van der Waals surface area contributed by atoms with E-state index in [9.17, 15) is 18.4 Å². The Hall–Kier alpha value is -2.33. The van der Waals surface area contributed by atoms with Crippen LogP contribution in [0.2, 0.25) is 10.0 Å². The Morgan fingerprint density at radius 3 is 2.63 bits per heavy atom. The van der Waals surface area contributed by atoms with Crippen LogP contribution in [0, 0.1) is 0 Å². The molecule has 0 bridgehead atoms. The molecular formula is C24H28Cl2N3O5S-. The molecule has 1 heterocycles. The van der Waals surface area contributed by atoms with Gasteiger partial charge in [0.2, 0.25) is 0 Å². The van der Waals surface area contributed by atoms with Gasteiger partial charge in [0.1, 0.15) is 0 Å². The summed E-state index contributed by atoms with van der Waals surface area (Å²) in [5.41, 5.74) is 1.59. The minimum absolute atomic E-state index is 0.0347. The van der Waals surface area contributed by atoms with Crippen LogP contribution in [0.3, 0.4) is 0 Å². The number of carbonyl (C=O) groups excluding carboxylic acids is 2. The van der Waals surface area contributed by atoms with Crippen molar-refractivity contribution in [2.24, 2.45) is 0 Å². The molecule has 11 heteroatoms. The summed E-state index contributed by atoms with van der Waals surface area (Å²) < 4.78 is 29.7. The van der Waals surface area contributed by atoms with Crippen LogP contribution in [0.5, 0.6) is 0 Å². The molecule has 190 valence electrons. The van der Waals surface area contributed by atoms with Crippen LogP contribution in [0.15, 0.2) is 42.5 Å². The van der Waals surface area contributed by atoms with Crippen LogP contribution in [0.4, 0.5) is 10.5 Å². The van der Waals surface area contributed by atoms with Gasteiger partial charge in [-0.25, -0.2) is 4.79 Å². The summed E-state index contributed by atoms with van der Waals surface area (Å²) in [7, 11) is 1.37. The van der Waals surface area contributed by atoms with Crippen molar-refractivity contribution in [3.63, 3.8) is 0 Å². The number of amides is 2. The normalized spacial score (nSPS) is 16.5. The molecule has 2 amide bonds. The lowest BCUT2D eigenvalue weighted by Crippen LogP contribution is -2.45. The molecule has 0 spiro atoms. The molecule has 1 saturated heterocycles. The Balaban J connectivity index is 1.56. The smallest absolute Gasteiger partial charge is 0.409 e. The largest absolute Gasteiger partial charge is 0.755 e. The lowest BCUT2D eigenvalue weighted by molar-refractivity contribution is 0.0852. The molecule has 2 aromatic rings. The third-order valence-corrected chi connectivity index (χ3v) is 7.62. The van der Waals surface area contributed by atoms with Gasteiger partial charge in [0.05, 0.1) is 17.2 Å². The minimum atomic E-state index is -2.51. The van der Waals surface area contributed by atoms with E-state index in [0.29, 0.717) is 47.2 Å². The second-order valence-electron chi connectivity index (χ2n) is 8.19. The third kappa shape index (κ3) is 7.33. The number of likely N-dealkylation sites (tertiary alicyclic amines) is 1. The molecule has 1 N–H and O–H groups in total. The first-order chi connectivity index (χ1) is 16.8. The standard InChI is InChI=1S/C24H29Cl2N3O5S/c1-34-24(31)28-15-3-2-6-19(28)12-14-27-23(30)18-8-10-20(11-9-18)29(35(32)33)16-13-17-5-4-7-21(25)22(17)26/h4-5,7-11,19H,2-3,6,12-16H2,1H3,(H,27,30)(H,32,33)/p-1. The van der Waals surface area contributed by atoms with Gasteiger partial charge in [-0.05, 0) is 68.0 Å². The Bertz CT molecular complexity index is 1050. The molecule has 1 aliphatic rings. The fourth-order valence-electron chi connectivity index (χ4n) is 4.14. The van der Waals surface area contributed by atoms with Crippen molar-refractivity contribution < 1.29 is 23.1 Å². The van der Waals surface area contributed by atoms with E-state index < -0.39 is 11.3 Å². The molecule has 2 atom stereocenters. The van der Waals surface area contributed by atoms with E-state index in [1.807, 2.05) is 0 Å². The van der Waals surface area contributed by atoms with Crippen molar-refractivity contribution in [3.8, 4) is 0 Å². The van der Waals surface area contributed by atoms with Crippen molar-refractivity contribution in [3.05, 3.63) is 63.6 Å². The number of hydrogen-bond acceptors (Lipinski definition) is 5. The third-order valence-electron chi connectivity index (χ3n) is 6.01. The number of benzene rings is 2. The highest BCUT2D eigenvalue weighted by Crippen LogP contribution is 2.27. The molecule has 2 unspecified atom stereocenters. The highest BCUT2D eigenvalue weighted by molar-refractivity contribution is 7.80. The molecule has 3 rings (SSSR count). The van der Waals surface area contributed by atoms with Gasteiger partial charge < -0.3 is 23.8 Å². The monoisotopic (exact) mass is 540 g/mol. The van der Waals surface area contributed by atoms with Gasteiger partial charge in [0, 0.05) is 48.2 Å². The average molecular weight is 541 g/mol. The van der Waals surface area contributed by atoms with E-state index in [4.69, 9.17) is 27.9 Å². The van der Waals surface area contributed by atoms with Crippen LogP contribution in [0.1, 0.15) is 41.6 Å². The minimum Gasteiger partial charge on any atom is -0.755 e. The fourth-order valence-corrected chi connectivity index (χ4v) is 5.09. The van der Waals surface area contributed by atoms with Gasteiger partial charge in [-0.1, -0.05) is 35.3 Å². The second kappa shape index (κ2) is 13.1. The highest BCUT2D eigenvalue weighted by atomic mass is 35.5. The first-order valence-corrected chi connectivity index (χ1v) is 13.1. The van der Waals surface area contributed by atoms with E-state index in [-0.39, 0.29) is 24.6 Å². The van der Waals surface area contributed by atoms with Crippen molar-refractivity contribution >= 4 is 52.2 Å². The first-order valence-electron chi connectivity index (χ1n) is 11.3. The predicted molar refractivity (Wildman–Crippen MR) is 137 cm³/mol. The van der Waals surface area contributed by atoms with Crippen molar-refractivity contribution in [2.45, 2.75) is 38.1 Å². The van der Waals surface area contributed by atoms with Crippen LogP contribution in [0.25, 0.3) is 0 Å². The molecule has 0 aliphatic carbocycles. The van der Waals surface area contributed by atoms with Crippen LogP contribution in [-0.2, 0) is 22.4 Å². The zero-order valence-corrected chi connectivity index (χ0v) is 21.7. The number of piperidine rings is 1. The number of nitrogens with one attached hydrogen (secondary N) is 1. The summed E-state index contributed by atoms with van der Waals surface area (Å²) in [6.45, 7) is 1.24. The maximum Gasteiger partial charge on any atom is 0.409 e. The molecule has 0 radical (unpaired) electrons. The number of hydrogen-bond donors (Lipinski definition) is 1. The van der Waals surface area contributed by atoms with Gasteiger partial charge in [0.15, 0.2) is 0 Å². The van der Waals surface area contributed by atoms with E-state index in [1.165, 1.54) is 11.4 Å².